The van der Waals surface area contributed by atoms with E-state index in [9.17, 15) is 9.59 Å². The van der Waals surface area contributed by atoms with Gasteiger partial charge >= 0.3 is 0 Å². The highest BCUT2D eigenvalue weighted by Crippen LogP contribution is 2.12. The summed E-state index contributed by atoms with van der Waals surface area (Å²) in [6.45, 7) is -0.307. The van der Waals surface area contributed by atoms with Crippen LogP contribution in [0.5, 0.6) is 0 Å². The number of amides is 1. The Kier molecular flexibility index (Phi) is 2.75. The lowest BCUT2D eigenvalue weighted by Gasteiger charge is -2.02. The van der Waals surface area contributed by atoms with Crippen molar-refractivity contribution in [2.45, 2.75) is 6.54 Å². The van der Waals surface area contributed by atoms with Crippen LogP contribution in [-0.4, -0.2) is 30.7 Å². The van der Waals surface area contributed by atoms with Crippen molar-refractivity contribution in [3.8, 4) is 5.69 Å². The second kappa shape index (κ2) is 4.57. The Bertz CT molecular complexity index is 836. The third-order valence-corrected chi connectivity index (χ3v) is 2.76. The Hall–Kier alpha value is -3.03. The molecule has 0 aliphatic carbocycles. The van der Waals surface area contributed by atoms with E-state index in [1.165, 1.54) is 10.9 Å². The molecule has 2 aromatic heterocycles. The summed E-state index contributed by atoms with van der Waals surface area (Å²) >= 11 is 0. The number of nitrogens with zero attached hydrogens (tertiary/aromatic N) is 5. The zero-order chi connectivity index (χ0) is 14.1. The first-order chi connectivity index (χ1) is 9.66. The number of nitrogens with two attached hydrogens (primary N) is 1. The monoisotopic (exact) mass is 270 g/mol. The van der Waals surface area contributed by atoms with Crippen molar-refractivity contribution >= 4 is 16.9 Å². The highest BCUT2D eigenvalue weighted by molar-refractivity contribution is 5.76. The van der Waals surface area contributed by atoms with Gasteiger partial charge in [0.05, 0.1) is 11.9 Å². The molecule has 0 atom stereocenters. The van der Waals surface area contributed by atoms with Crippen LogP contribution in [0, 0.1) is 0 Å². The lowest BCUT2D eigenvalue weighted by Crippen LogP contribution is -2.30. The molecule has 0 fully saturated rings. The van der Waals surface area contributed by atoms with E-state index in [-0.39, 0.29) is 11.9 Å². The summed E-state index contributed by atoms with van der Waals surface area (Å²) in [6, 6.07) is 9.25. The van der Waals surface area contributed by atoms with Crippen LogP contribution in [0.25, 0.3) is 16.7 Å². The number of aromatic nitrogens is 5. The summed E-state index contributed by atoms with van der Waals surface area (Å²) < 4.78 is 2.43. The van der Waals surface area contributed by atoms with Crippen molar-refractivity contribution in [1.82, 2.24) is 24.8 Å². The number of fused-ring (bicyclic) bond motifs is 1. The molecule has 0 bridgehead atoms. The average molecular weight is 270 g/mol. The Balaban J connectivity index is 2.18. The van der Waals surface area contributed by atoms with Crippen molar-refractivity contribution < 1.29 is 4.79 Å². The number of para-hydroxylation sites is 1. The Labute approximate surface area is 112 Å². The molecule has 0 aliphatic rings. The molecule has 2 heterocycles. The number of hydrogen-bond acceptors (Lipinski definition) is 5. The van der Waals surface area contributed by atoms with Gasteiger partial charge in [0.2, 0.25) is 5.91 Å². The molecule has 0 unspecified atom stereocenters. The molecular weight excluding hydrogens is 260 g/mol. The van der Waals surface area contributed by atoms with Crippen LogP contribution in [0.4, 0.5) is 0 Å². The van der Waals surface area contributed by atoms with Gasteiger partial charge in [0, 0.05) is 0 Å². The fourth-order valence-electron chi connectivity index (χ4n) is 1.87. The normalized spacial score (nSPS) is 10.8. The van der Waals surface area contributed by atoms with Crippen LogP contribution < -0.4 is 11.3 Å². The topological polar surface area (TPSA) is 109 Å². The first kappa shape index (κ1) is 12.0. The number of primary amides is 1. The molecule has 8 heteroatoms. The molecule has 3 rings (SSSR count). The van der Waals surface area contributed by atoms with Gasteiger partial charge < -0.3 is 5.73 Å². The van der Waals surface area contributed by atoms with Gasteiger partial charge in [-0.1, -0.05) is 23.4 Å². The number of benzene rings is 1. The first-order valence-corrected chi connectivity index (χ1v) is 5.82. The number of hydrogen-bond donors (Lipinski definition) is 1. The molecule has 1 aromatic carbocycles. The standard InChI is InChI=1S/C12H10N6O2/c13-10(19)7-17-12(20)9-6-14-18(11(9)15-16-17)8-4-2-1-3-5-8/h1-6H,7H2,(H2,13,19). The van der Waals surface area contributed by atoms with Gasteiger partial charge in [-0.25, -0.2) is 9.36 Å². The third kappa shape index (κ3) is 1.92. The maximum absolute atomic E-state index is 12.1. The molecular formula is C12H10N6O2. The van der Waals surface area contributed by atoms with E-state index >= 15 is 0 Å². The van der Waals surface area contributed by atoms with Gasteiger partial charge in [0.1, 0.15) is 11.9 Å². The molecule has 8 nitrogen and oxygen atoms in total. The SMILES string of the molecule is NC(=O)Cn1nnc2c(cnn2-c2ccccc2)c1=O. The second-order valence-corrected chi connectivity index (χ2v) is 4.15. The maximum Gasteiger partial charge on any atom is 0.281 e. The molecule has 0 radical (unpaired) electrons. The molecule has 100 valence electrons. The molecule has 0 saturated heterocycles. The quantitative estimate of drug-likeness (QED) is 0.687. The van der Waals surface area contributed by atoms with Crippen LogP contribution in [-0.2, 0) is 11.3 Å². The minimum atomic E-state index is -0.656. The van der Waals surface area contributed by atoms with E-state index in [1.54, 1.807) is 0 Å². The van der Waals surface area contributed by atoms with Crippen molar-refractivity contribution in [2.24, 2.45) is 5.73 Å². The Morgan fingerprint density at radius 1 is 1.25 bits per heavy atom. The van der Waals surface area contributed by atoms with Crippen LogP contribution in [0.15, 0.2) is 41.3 Å². The Morgan fingerprint density at radius 2 is 2.00 bits per heavy atom. The lowest BCUT2D eigenvalue weighted by atomic mass is 10.3. The van der Waals surface area contributed by atoms with Crippen molar-refractivity contribution in [1.29, 1.82) is 0 Å². The average Bonchev–Trinajstić information content (AvgIpc) is 2.87. The zero-order valence-electron chi connectivity index (χ0n) is 10.3. The van der Waals surface area contributed by atoms with Gasteiger partial charge in [-0.05, 0) is 12.1 Å². The molecule has 20 heavy (non-hydrogen) atoms. The fraction of sp³-hybridized carbons (Fsp3) is 0.0833. The Morgan fingerprint density at radius 3 is 2.70 bits per heavy atom. The fourth-order valence-corrected chi connectivity index (χ4v) is 1.87. The smallest absolute Gasteiger partial charge is 0.281 e. The number of carbonyl (C=O) groups excluding carboxylic acids is 1. The molecule has 0 spiro atoms. The molecule has 2 N–H and O–H groups in total. The lowest BCUT2D eigenvalue weighted by molar-refractivity contribution is -0.118. The van der Waals surface area contributed by atoms with Crippen molar-refractivity contribution in [2.75, 3.05) is 0 Å². The van der Waals surface area contributed by atoms with Crippen molar-refractivity contribution in [3.05, 3.63) is 46.9 Å². The highest BCUT2D eigenvalue weighted by atomic mass is 16.2. The minimum Gasteiger partial charge on any atom is -0.368 e. The van der Waals surface area contributed by atoms with Crippen molar-refractivity contribution in [3.63, 3.8) is 0 Å². The van der Waals surface area contributed by atoms with Crippen LogP contribution in [0.3, 0.4) is 0 Å². The maximum atomic E-state index is 12.1. The largest absolute Gasteiger partial charge is 0.368 e. The minimum absolute atomic E-state index is 0.283. The van der Waals surface area contributed by atoms with E-state index < -0.39 is 11.5 Å². The van der Waals surface area contributed by atoms with Gasteiger partial charge in [0.25, 0.3) is 5.56 Å². The van der Waals surface area contributed by atoms with E-state index in [4.69, 9.17) is 5.73 Å². The van der Waals surface area contributed by atoms with E-state index in [0.29, 0.717) is 5.65 Å². The number of carbonyl (C=O) groups is 1. The van der Waals surface area contributed by atoms with E-state index in [2.05, 4.69) is 15.4 Å². The number of rotatable bonds is 3. The predicted molar refractivity (Wildman–Crippen MR) is 70.1 cm³/mol. The van der Waals surface area contributed by atoms with E-state index in [1.807, 2.05) is 30.3 Å². The zero-order valence-corrected chi connectivity index (χ0v) is 10.3. The summed E-state index contributed by atoms with van der Waals surface area (Å²) in [5.41, 5.74) is 5.70. The summed E-state index contributed by atoms with van der Waals surface area (Å²) in [7, 11) is 0. The summed E-state index contributed by atoms with van der Waals surface area (Å²) in [6.07, 6.45) is 1.40. The summed E-state index contributed by atoms with van der Waals surface area (Å²) in [4.78, 5) is 23.0. The predicted octanol–water partition coefficient (Wildman–Crippen LogP) is -0.538. The van der Waals surface area contributed by atoms with Crippen LogP contribution in [0.1, 0.15) is 0 Å². The van der Waals surface area contributed by atoms with Crippen LogP contribution >= 0.6 is 0 Å². The van der Waals surface area contributed by atoms with Crippen LogP contribution in [0.2, 0.25) is 0 Å². The molecule has 0 saturated carbocycles. The summed E-state index contributed by atoms with van der Waals surface area (Å²) in [5, 5.41) is 12.0. The molecule has 3 aromatic rings. The van der Waals surface area contributed by atoms with Gasteiger partial charge in [-0.3, -0.25) is 9.59 Å². The van der Waals surface area contributed by atoms with Gasteiger partial charge in [0.15, 0.2) is 5.65 Å². The summed E-state index contributed by atoms with van der Waals surface area (Å²) in [5.74, 6) is -0.656. The second-order valence-electron chi connectivity index (χ2n) is 4.15. The van der Waals surface area contributed by atoms with E-state index in [0.717, 1.165) is 10.4 Å². The first-order valence-electron chi connectivity index (χ1n) is 5.82. The van der Waals surface area contributed by atoms with Gasteiger partial charge in [-0.2, -0.15) is 5.10 Å². The molecule has 0 aliphatic heterocycles. The van der Waals surface area contributed by atoms with Gasteiger partial charge in [-0.15, -0.1) is 5.10 Å². The molecule has 1 amide bonds. The third-order valence-electron chi connectivity index (χ3n) is 2.76. The highest BCUT2D eigenvalue weighted by Gasteiger charge is 2.13.